The molecule has 0 saturated carbocycles. The zero-order valence-corrected chi connectivity index (χ0v) is 11.0. The monoisotopic (exact) mass is 266 g/mol. The van der Waals surface area contributed by atoms with Crippen LogP contribution in [0.15, 0.2) is 35.5 Å². The molecule has 0 aliphatic carbocycles. The molecule has 0 unspecified atom stereocenters. The lowest BCUT2D eigenvalue weighted by Gasteiger charge is -2.07. The first-order valence-corrected chi connectivity index (χ1v) is 6.87. The first-order chi connectivity index (χ1) is 8.49. The van der Waals surface area contributed by atoms with Gasteiger partial charge in [-0.1, -0.05) is 18.2 Å². The van der Waals surface area contributed by atoms with Gasteiger partial charge in [0.05, 0.1) is 11.4 Å². The molecule has 0 bridgehead atoms. The van der Waals surface area contributed by atoms with Crippen LogP contribution in [-0.4, -0.2) is 23.2 Å². The molecule has 0 saturated heterocycles. The van der Waals surface area contributed by atoms with E-state index in [1.807, 2.05) is 0 Å². The number of rotatable bonds is 4. The van der Waals surface area contributed by atoms with Crippen LogP contribution in [0, 0.1) is 6.92 Å². The molecule has 1 aromatic carbocycles. The highest BCUT2D eigenvalue weighted by atomic mass is 32.2. The molecule has 0 aliphatic rings. The van der Waals surface area contributed by atoms with Gasteiger partial charge in [-0.25, -0.2) is 18.1 Å². The standard InChI is InChI=1S/C11H14N4O2S/c1-9-5-3-4-6-10(9)18(16,17)13-7-11-12-8-15(2)14-11/h3-6,8,13H,7H2,1-2H3. The van der Waals surface area contributed by atoms with Gasteiger partial charge in [0.25, 0.3) is 0 Å². The lowest BCUT2D eigenvalue weighted by Crippen LogP contribution is -2.24. The Kier molecular flexibility index (Phi) is 3.44. The summed E-state index contributed by atoms with van der Waals surface area (Å²) in [6.45, 7) is 1.84. The molecular formula is C11H14N4O2S. The van der Waals surface area contributed by atoms with E-state index >= 15 is 0 Å². The Labute approximate surface area is 106 Å². The molecule has 96 valence electrons. The summed E-state index contributed by atoms with van der Waals surface area (Å²) in [6, 6.07) is 6.83. The fraction of sp³-hybridized carbons (Fsp3) is 0.273. The SMILES string of the molecule is Cc1ccccc1S(=O)(=O)NCc1ncn(C)n1. The van der Waals surface area contributed by atoms with Crippen LogP contribution in [0.2, 0.25) is 0 Å². The van der Waals surface area contributed by atoms with E-state index in [0.717, 1.165) is 0 Å². The summed E-state index contributed by atoms with van der Waals surface area (Å²) in [5, 5.41) is 4.01. The number of hydrogen-bond donors (Lipinski definition) is 1. The summed E-state index contributed by atoms with van der Waals surface area (Å²) >= 11 is 0. The molecule has 0 aliphatic heterocycles. The molecule has 0 spiro atoms. The highest BCUT2D eigenvalue weighted by Crippen LogP contribution is 2.13. The molecule has 7 heteroatoms. The van der Waals surface area contributed by atoms with Crippen molar-refractivity contribution in [3.05, 3.63) is 42.0 Å². The molecule has 0 amide bonds. The number of nitrogens with one attached hydrogen (secondary N) is 1. The molecule has 0 radical (unpaired) electrons. The van der Waals surface area contributed by atoms with E-state index in [9.17, 15) is 8.42 Å². The molecule has 0 atom stereocenters. The van der Waals surface area contributed by atoms with Gasteiger partial charge in [-0.05, 0) is 18.6 Å². The Morgan fingerprint density at radius 2 is 2.06 bits per heavy atom. The minimum atomic E-state index is -3.52. The van der Waals surface area contributed by atoms with E-state index in [1.165, 1.54) is 11.0 Å². The maximum absolute atomic E-state index is 12.1. The van der Waals surface area contributed by atoms with Crippen molar-refractivity contribution in [1.82, 2.24) is 19.5 Å². The van der Waals surface area contributed by atoms with Crippen molar-refractivity contribution in [3.63, 3.8) is 0 Å². The van der Waals surface area contributed by atoms with Gasteiger partial charge in [-0.3, -0.25) is 4.68 Å². The van der Waals surface area contributed by atoms with Crippen LogP contribution in [0.25, 0.3) is 0 Å². The predicted molar refractivity (Wildman–Crippen MR) is 66.2 cm³/mol. The molecule has 18 heavy (non-hydrogen) atoms. The molecule has 1 heterocycles. The first kappa shape index (κ1) is 12.7. The molecule has 1 N–H and O–H groups in total. The third-order valence-electron chi connectivity index (χ3n) is 2.45. The number of hydrogen-bond acceptors (Lipinski definition) is 4. The third-order valence-corrected chi connectivity index (χ3v) is 4.01. The highest BCUT2D eigenvalue weighted by Gasteiger charge is 2.16. The maximum Gasteiger partial charge on any atom is 0.241 e. The summed E-state index contributed by atoms with van der Waals surface area (Å²) in [5.74, 6) is 0.439. The summed E-state index contributed by atoms with van der Waals surface area (Å²) in [6.07, 6.45) is 1.53. The average Bonchev–Trinajstić information content (AvgIpc) is 2.73. The fourth-order valence-electron chi connectivity index (χ4n) is 1.56. The van der Waals surface area contributed by atoms with Gasteiger partial charge in [0.1, 0.15) is 6.33 Å². The van der Waals surface area contributed by atoms with Crippen molar-refractivity contribution >= 4 is 10.0 Å². The van der Waals surface area contributed by atoms with Crippen molar-refractivity contribution in [3.8, 4) is 0 Å². The highest BCUT2D eigenvalue weighted by molar-refractivity contribution is 7.89. The van der Waals surface area contributed by atoms with Crippen molar-refractivity contribution < 1.29 is 8.42 Å². The zero-order valence-electron chi connectivity index (χ0n) is 10.2. The lowest BCUT2D eigenvalue weighted by atomic mass is 10.2. The van der Waals surface area contributed by atoms with Crippen LogP contribution in [0.1, 0.15) is 11.4 Å². The number of aryl methyl sites for hydroxylation is 2. The number of benzene rings is 1. The Hall–Kier alpha value is -1.73. The van der Waals surface area contributed by atoms with E-state index in [-0.39, 0.29) is 11.4 Å². The predicted octanol–water partition coefficient (Wildman–Crippen LogP) is 0.602. The van der Waals surface area contributed by atoms with E-state index in [4.69, 9.17) is 0 Å². The third kappa shape index (κ3) is 2.74. The van der Waals surface area contributed by atoms with Gasteiger partial charge < -0.3 is 0 Å². The van der Waals surface area contributed by atoms with Crippen LogP contribution in [0.4, 0.5) is 0 Å². The minimum Gasteiger partial charge on any atom is -0.256 e. The molecule has 1 aromatic heterocycles. The molecule has 2 rings (SSSR count). The van der Waals surface area contributed by atoms with Gasteiger partial charge in [0.15, 0.2) is 5.82 Å². The van der Waals surface area contributed by atoms with Gasteiger partial charge in [-0.2, -0.15) is 5.10 Å². The Bertz CT molecular complexity index is 649. The smallest absolute Gasteiger partial charge is 0.241 e. The topological polar surface area (TPSA) is 76.9 Å². The van der Waals surface area contributed by atoms with Crippen molar-refractivity contribution in [2.24, 2.45) is 7.05 Å². The quantitative estimate of drug-likeness (QED) is 0.879. The molecule has 0 fully saturated rings. The van der Waals surface area contributed by atoms with Crippen molar-refractivity contribution in [2.75, 3.05) is 0 Å². The van der Waals surface area contributed by atoms with Gasteiger partial charge in [0.2, 0.25) is 10.0 Å². The van der Waals surface area contributed by atoms with Crippen molar-refractivity contribution in [1.29, 1.82) is 0 Å². The Balaban J connectivity index is 2.16. The Morgan fingerprint density at radius 3 is 2.67 bits per heavy atom. The second-order valence-electron chi connectivity index (χ2n) is 3.92. The largest absolute Gasteiger partial charge is 0.256 e. The second-order valence-corrected chi connectivity index (χ2v) is 5.66. The van der Waals surface area contributed by atoms with E-state index in [1.54, 1.807) is 38.2 Å². The van der Waals surface area contributed by atoms with E-state index < -0.39 is 10.0 Å². The van der Waals surface area contributed by atoms with Crippen LogP contribution >= 0.6 is 0 Å². The summed E-state index contributed by atoms with van der Waals surface area (Å²) in [4.78, 5) is 4.24. The lowest BCUT2D eigenvalue weighted by molar-refractivity contribution is 0.578. The normalized spacial score (nSPS) is 11.7. The molecular weight excluding hydrogens is 252 g/mol. The summed E-state index contributed by atoms with van der Waals surface area (Å²) < 4.78 is 28.1. The first-order valence-electron chi connectivity index (χ1n) is 5.39. The number of nitrogens with zero attached hydrogens (tertiary/aromatic N) is 3. The fourth-order valence-corrected chi connectivity index (χ4v) is 2.78. The Morgan fingerprint density at radius 1 is 1.33 bits per heavy atom. The van der Waals surface area contributed by atoms with Gasteiger partial charge >= 0.3 is 0 Å². The average molecular weight is 266 g/mol. The minimum absolute atomic E-state index is 0.0809. The van der Waals surface area contributed by atoms with Crippen LogP contribution in [-0.2, 0) is 23.6 Å². The van der Waals surface area contributed by atoms with E-state index in [0.29, 0.717) is 11.4 Å². The summed E-state index contributed by atoms with van der Waals surface area (Å²) in [5.41, 5.74) is 0.707. The second kappa shape index (κ2) is 4.87. The maximum atomic E-state index is 12.1. The van der Waals surface area contributed by atoms with Crippen LogP contribution < -0.4 is 4.72 Å². The van der Waals surface area contributed by atoms with Crippen LogP contribution in [0.3, 0.4) is 0 Å². The number of aromatic nitrogens is 3. The number of sulfonamides is 1. The molecule has 6 nitrogen and oxygen atoms in total. The van der Waals surface area contributed by atoms with Crippen LogP contribution in [0.5, 0.6) is 0 Å². The van der Waals surface area contributed by atoms with Crippen molar-refractivity contribution in [2.45, 2.75) is 18.4 Å². The van der Waals surface area contributed by atoms with Gasteiger partial charge in [0, 0.05) is 7.05 Å². The molecule has 2 aromatic rings. The summed E-state index contributed by atoms with van der Waals surface area (Å²) in [7, 11) is -1.79. The zero-order chi connectivity index (χ0) is 13.2. The van der Waals surface area contributed by atoms with E-state index in [2.05, 4.69) is 14.8 Å². The van der Waals surface area contributed by atoms with Gasteiger partial charge in [-0.15, -0.1) is 0 Å².